The minimum atomic E-state index is -0.182. The zero-order valence-electron chi connectivity index (χ0n) is 38.2. The van der Waals surface area contributed by atoms with Gasteiger partial charge in [0.05, 0.1) is 22.4 Å². The number of hydrogen-bond donors (Lipinski definition) is 0. The molecule has 0 unspecified atom stereocenters. The van der Waals surface area contributed by atoms with Crippen LogP contribution in [0, 0.1) is 0 Å². The van der Waals surface area contributed by atoms with E-state index in [0.717, 1.165) is 45.1 Å². The molecule has 0 saturated carbocycles. The summed E-state index contributed by atoms with van der Waals surface area (Å²) in [6.07, 6.45) is 1.93. The Bertz CT molecular complexity index is 3170. The Labute approximate surface area is 378 Å². The zero-order chi connectivity index (χ0) is 44.4. The van der Waals surface area contributed by atoms with E-state index in [1.165, 1.54) is 50.1 Å². The molecule has 1 aliphatic heterocycles. The highest BCUT2D eigenvalue weighted by molar-refractivity contribution is 6.10. The van der Waals surface area contributed by atoms with Crippen LogP contribution in [0.3, 0.4) is 0 Å². The molecular weight excluding hydrogens is 781 g/mol. The van der Waals surface area contributed by atoms with Crippen molar-refractivity contribution in [2.45, 2.75) is 71.6 Å². The van der Waals surface area contributed by atoms with Crippen LogP contribution >= 0.6 is 0 Å². The average molecular weight is 837 g/mol. The number of benzene rings is 7. The standard InChI is InChI=1S/C59H56N4O/c1-57(2,3)43-21-15-22-46(34-43)62-39-61(53-30-26-45(35-55(53)62)59(7,8)42-19-13-10-14-20-42)47-23-16-24-48(37-47)64-49-27-28-50-51-33-41(40-17-11-9-12-18-40)25-29-52(51)63(54(50)38-49)56-36-44(31-32-60-56)58(4,5)6/h9-38H,39H2,1-8H3. The lowest BCUT2D eigenvalue weighted by Crippen LogP contribution is -2.24. The first kappa shape index (κ1) is 40.9. The molecule has 10 rings (SSSR count). The second kappa shape index (κ2) is 15.6. The van der Waals surface area contributed by atoms with Gasteiger partial charge in [-0.3, -0.25) is 4.57 Å². The second-order valence-corrected chi connectivity index (χ2v) is 19.9. The van der Waals surface area contributed by atoms with Gasteiger partial charge >= 0.3 is 0 Å². The predicted molar refractivity (Wildman–Crippen MR) is 269 cm³/mol. The van der Waals surface area contributed by atoms with Crippen molar-refractivity contribution < 1.29 is 4.74 Å². The Morgan fingerprint density at radius 3 is 1.84 bits per heavy atom. The Morgan fingerprint density at radius 2 is 1.09 bits per heavy atom. The van der Waals surface area contributed by atoms with Crippen LogP contribution in [0.15, 0.2) is 182 Å². The molecule has 64 heavy (non-hydrogen) atoms. The number of pyridine rings is 1. The van der Waals surface area contributed by atoms with Crippen molar-refractivity contribution >= 4 is 44.6 Å². The van der Waals surface area contributed by atoms with Crippen molar-refractivity contribution in [1.29, 1.82) is 0 Å². The van der Waals surface area contributed by atoms with Crippen LogP contribution in [0.4, 0.5) is 22.7 Å². The van der Waals surface area contributed by atoms with Gasteiger partial charge in [-0.25, -0.2) is 4.98 Å². The smallest absolute Gasteiger partial charge is 0.137 e. The van der Waals surface area contributed by atoms with Crippen LogP contribution in [-0.4, -0.2) is 16.2 Å². The summed E-state index contributed by atoms with van der Waals surface area (Å²) in [5.41, 5.74) is 14.1. The molecule has 7 aromatic carbocycles. The summed E-state index contributed by atoms with van der Waals surface area (Å²) in [6, 6.07) is 63.5. The van der Waals surface area contributed by atoms with Gasteiger partial charge in [0.2, 0.25) is 0 Å². The van der Waals surface area contributed by atoms with E-state index in [-0.39, 0.29) is 16.2 Å². The van der Waals surface area contributed by atoms with E-state index in [1.54, 1.807) is 0 Å². The highest BCUT2D eigenvalue weighted by Gasteiger charge is 2.32. The fourth-order valence-electron chi connectivity index (χ4n) is 9.23. The van der Waals surface area contributed by atoms with Crippen LogP contribution in [0.2, 0.25) is 0 Å². The highest BCUT2D eigenvalue weighted by Crippen LogP contribution is 2.48. The Hall–Kier alpha value is -7.11. The van der Waals surface area contributed by atoms with Gasteiger partial charge in [-0.15, -0.1) is 0 Å². The summed E-state index contributed by atoms with van der Waals surface area (Å²) in [6.45, 7) is 18.9. The molecule has 5 nitrogen and oxygen atoms in total. The molecular formula is C59H56N4O. The Balaban J connectivity index is 1.04. The molecule has 0 amide bonds. The molecule has 0 aliphatic carbocycles. The molecule has 0 spiro atoms. The van der Waals surface area contributed by atoms with E-state index in [1.807, 2.05) is 6.20 Å². The maximum Gasteiger partial charge on any atom is 0.137 e. The predicted octanol–water partition coefficient (Wildman–Crippen LogP) is 15.8. The summed E-state index contributed by atoms with van der Waals surface area (Å²) in [7, 11) is 0. The van der Waals surface area contributed by atoms with E-state index >= 15 is 0 Å². The van der Waals surface area contributed by atoms with E-state index in [4.69, 9.17) is 9.72 Å². The van der Waals surface area contributed by atoms with Crippen LogP contribution in [-0.2, 0) is 16.2 Å². The quantitative estimate of drug-likeness (QED) is 0.153. The van der Waals surface area contributed by atoms with Crippen molar-refractivity contribution in [3.63, 3.8) is 0 Å². The number of fused-ring (bicyclic) bond motifs is 4. The summed E-state index contributed by atoms with van der Waals surface area (Å²) in [4.78, 5) is 9.82. The molecule has 0 N–H and O–H groups in total. The van der Waals surface area contributed by atoms with E-state index < -0.39 is 0 Å². The van der Waals surface area contributed by atoms with E-state index in [2.05, 4.69) is 246 Å². The largest absolute Gasteiger partial charge is 0.457 e. The van der Waals surface area contributed by atoms with Crippen molar-refractivity contribution in [3.8, 4) is 28.4 Å². The van der Waals surface area contributed by atoms with Crippen LogP contribution in [0.1, 0.15) is 77.6 Å². The molecule has 0 radical (unpaired) electrons. The molecule has 0 saturated heterocycles. The van der Waals surface area contributed by atoms with E-state index in [0.29, 0.717) is 6.67 Å². The molecule has 5 heteroatoms. The minimum absolute atomic E-state index is 0.0243. The average Bonchev–Trinajstić information content (AvgIpc) is 3.84. The number of rotatable bonds is 8. The second-order valence-electron chi connectivity index (χ2n) is 19.9. The molecule has 9 aromatic rings. The number of nitrogens with zero attached hydrogens (tertiary/aromatic N) is 4. The fraction of sp³-hybridized carbons (Fsp3) is 0.203. The van der Waals surface area contributed by atoms with Gasteiger partial charge in [0.15, 0.2) is 0 Å². The normalized spacial score (nSPS) is 13.2. The first-order valence-electron chi connectivity index (χ1n) is 22.5. The van der Waals surface area contributed by atoms with Gasteiger partial charge in [-0.1, -0.05) is 146 Å². The first-order valence-corrected chi connectivity index (χ1v) is 22.5. The lowest BCUT2D eigenvalue weighted by molar-refractivity contribution is 0.483. The van der Waals surface area contributed by atoms with Crippen LogP contribution in [0.5, 0.6) is 11.5 Å². The van der Waals surface area contributed by atoms with Crippen LogP contribution < -0.4 is 14.5 Å². The SMILES string of the molecule is CC(C)(C)c1cccc(N2CN(c3cccc(Oc4ccc5c6cc(-c7ccccc7)ccc6n(-c6cc(C(C)(C)C)ccn6)c5c4)c3)c3ccc(C(C)(C)c4ccccc4)cc32)c1. The van der Waals surface area contributed by atoms with Crippen molar-refractivity contribution in [2.75, 3.05) is 16.5 Å². The molecule has 2 aromatic heterocycles. The Morgan fingerprint density at radius 1 is 0.438 bits per heavy atom. The lowest BCUT2D eigenvalue weighted by Gasteiger charge is -2.28. The first-order chi connectivity index (χ1) is 30.7. The van der Waals surface area contributed by atoms with Crippen LogP contribution in [0.25, 0.3) is 38.8 Å². The topological polar surface area (TPSA) is 33.5 Å². The van der Waals surface area contributed by atoms with Crippen molar-refractivity contribution in [1.82, 2.24) is 9.55 Å². The summed E-state index contributed by atoms with van der Waals surface area (Å²) < 4.78 is 9.12. The maximum absolute atomic E-state index is 6.84. The third-order valence-corrected chi connectivity index (χ3v) is 13.1. The Kier molecular flexibility index (Phi) is 9.98. The van der Waals surface area contributed by atoms with Crippen molar-refractivity contribution in [3.05, 3.63) is 204 Å². The maximum atomic E-state index is 6.84. The third kappa shape index (κ3) is 7.49. The molecule has 1 aliphatic rings. The van der Waals surface area contributed by atoms with Crippen molar-refractivity contribution in [2.24, 2.45) is 0 Å². The lowest BCUT2D eigenvalue weighted by atomic mass is 9.78. The zero-order valence-corrected chi connectivity index (χ0v) is 38.2. The van der Waals surface area contributed by atoms with E-state index in [9.17, 15) is 0 Å². The van der Waals surface area contributed by atoms with Gasteiger partial charge in [-0.05, 0) is 117 Å². The van der Waals surface area contributed by atoms with Gasteiger partial charge in [-0.2, -0.15) is 0 Å². The van der Waals surface area contributed by atoms with Gasteiger partial charge in [0, 0.05) is 45.9 Å². The number of hydrogen-bond acceptors (Lipinski definition) is 4. The molecule has 318 valence electrons. The minimum Gasteiger partial charge on any atom is -0.457 e. The third-order valence-electron chi connectivity index (χ3n) is 13.1. The number of ether oxygens (including phenoxy) is 1. The fourth-order valence-corrected chi connectivity index (χ4v) is 9.23. The van der Waals surface area contributed by atoms with Gasteiger partial charge < -0.3 is 14.5 Å². The number of aromatic nitrogens is 2. The summed E-state index contributed by atoms with van der Waals surface area (Å²) in [5, 5.41) is 2.32. The van der Waals surface area contributed by atoms with Gasteiger partial charge in [0.1, 0.15) is 24.0 Å². The van der Waals surface area contributed by atoms with Gasteiger partial charge in [0.25, 0.3) is 0 Å². The summed E-state index contributed by atoms with van der Waals surface area (Å²) >= 11 is 0. The molecule has 0 bridgehead atoms. The molecule has 0 atom stereocenters. The summed E-state index contributed by atoms with van der Waals surface area (Å²) in [5.74, 6) is 2.43. The molecule has 0 fully saturated rings. The molecule has 3 heterocycles. The number of anilines is 4. The highest BCUT2D eigenvalue weighted by atomic mass is 16.5. The monoisotopic (exact) mass is 836 g/mol.